The van der Waals surface area contributed by atoms with E-state index < -0.39 is 0 Å². The zero-order chi connectivity index (χ0) is 12.3. The normalized spacial score (nSPS) is 15.3. The second-order valence-corrected chi connectivity index (χ2v) is 5.04. The van der Waals surface area contributed by atoms with Gasteiger partial charge in [-0.15, -0.1) is 0 Å². The topological polar surface area (TPSA) is 32.7 Å². The Balaban J connectivity index is 2.10. The maximum absolute atomic E-state index is 11.6. The molecule has 17 heavy (non-hydrogen) atoms. The van der Waals surface area contributed by atoms with Crippen molar-refractivity contribution in [2.45, 2.75) is 32.6 Å². The minimum Gasteiger partial charge on any atom is -0.272 e. The molecule has 1 aromatic rings. The lowest BCUT2D eigenvalue weighted by molar-refractivity contribution is -0.116. The highest BCUT2D eigenvalue weighted by Gasteiger charge is 2.23. The first-order chi connectivity index (χ1) is 8.20. The zero-order valence-electron chi connectivity index (χ0n) is 9.82. The van der Waals surface area contributed by atoms with E-state index in [0.717, 1.165) is 12.1 Å². The number of hydrogen-bond acceptors (Lipinski definition) is 2. The molecular weight excluding hydrogens is 280 g/mol. The first-order valence-corrected chi connectivity index (χ1v) is 6.65. The molecule has 0 spiro atoms. The number of aryl methyl sites for hydroxylation is 1. The van der Waals surface area contributed by atoms with Gasteiger partial charge < -0.3 is 0 Å². The summed E-state index contributed by atoms with van der Waals surface area (Å²) in [4.78, 5) is 11.6. The number of carbonyl (C=O) groups excluding carboxylic acids is 1. The van der Waals surface area contributed by atoms with E-state index in [0.29, 0.717) is 11.0 Å². The van der Waals surface area contributed by atoms with Crippen LogP contribution in [0.3, 0.4) is 0 Å². The summed E-state index contributed by atoms with van der Waals surface area (Å²) in [6.07, 6.45) is 3.85. The Kier molecular flexibility index (Phi) is 3.94. The number of nitrogens with zero attached hydrogens (tertiary/aromatic N) is 2. The SMILES string of the molecule is CCCCc1ccc(N2N=C(Br)CC2=O)cc1. The van der Waals surface area contributed by atoms with E-state index in [1.54, 1.807) is 0 Å². The van der Waals surface area contributed by atoms with Crippen LogP contribution in [-0.2, 0) is 11.2 Å². The Morgan fingerprint density at radius 1 is 1.35 bits per heavy atom. The Bertz CT molecular complexity index is 439. The van der Waals surface area contributed by atoms with Gasteiger partial charge >= 0.3 is 0 Å². The molecule has 0 unspecified atom stereocenters. The molecule has 1 amide bonds. The number of hydrogen-bond donors (Lipinski definition) is 0. The van der Waals surface area contributed by atoms with Crippen LogP contribution in [0.1, 0.15) is 31.7 Å². The van der Waals surface area contributed by atoms with Crippen molar-refractivity contribution in [1.82, 2.24) is 0 Å². The largest absolute Gasteiger partial charge is 0.272 e. The average Bonchev–Trinajstić information content (AvgIpc) is 2.66. The van der Waals surface area contributed by atoms with Gasteiger partial charge in [0.2, 0.25) is 0 Å². The van der Waals surface area contributed by atoms with Gasteiger partial charge in [0, 0.05) is 0 Å². The highest BCUT2D eigenvalue weighted by Crippen LogP contribution is 2.22. The molecule has 0 aliphatic carbocycles. The highest BCUT2D eigenvalue weighted by molar-refractivity contribution is 9.18. The third-order valence-electron chi connectivity index (χ3n) is 2.74. The molecular formula is C13H15BrN2O. The number of hydrazone groups is 1. The van der Waals surface area contributed by atoms with Gasteiger partial charge in [0.15, 0.2) is 0 Å². The summed E-state index contributed by atoms with van der Waals surface area (Å²) < 4.78 is 0.692. The lowest BCUT2D eigenvalue weighted by atomic mass is 10.1. The first-order valence-electron chi connectivity index (χ1n) is 5.85. The Hall–Kier alpha value is -1.16. The van der Waals surface area contributed by atoms with Gasteiger partial charge in [-0.1, -0.05) is 25.5 Å². The second kappa shape index (κ2) is 5.45. The minimum absolute atomic E-state index is 0.0122. The van der Waals surface area contributed by atoms with Gasteiger partial charge in [-0.2, -0.15) is 10.1 Å². The minimum atomic E-state index is 0.0122. The fourth-order valence-corrected chi connectivity index (χ4v) is 2.18. The van der Waals surface area contributed by atoms with Crippen molar-refractivity contribution < 1.29 is 4.79 Å². The van der Waals surface area contributed by atoms with Crippen molar-refractivity contribution in [3.05, 3.63) is 29.8 Å². The second-order valence-electron chi connectivity index (χ2n) is 4.13. The van der Waals surface area contributed by atoms with Crippen molar-refractivity contribution in [2.24, 2.45) is 5.10 Å². The van der Waals surface area contributed by atoms with Gasteiger partial charge in [0.1, 0.15) is 4.62 Å². The van der Waals surface area contributed by atoms with Gasteiger partial charge in [-0.25, -0.2) is 0 Å². The maximum Gasteiger partial charge on any atom is 0.254 e. The van der Waals surface area contributed by atoms with Crippen LogP contribution in [0.25, 0.3) is 0 Å². The number of amides is 1. The Morgan fingerprint density at radius 2 is 2.06 bits per heavy atom. The zero-order valence-corrected chi connectivity index (χ0v) is 11.4. The van der Waals surface area contributed by atoms with E-state index in [9.17, 15) is 4.79 Å². The molecule has 0 radical (unpaired) electrons. The molecule has 1 aliphatic heterocycles. The number of benzene rings is 1. The molecule has 1 aromatic carbocycles. The molecule has 0 fully saturated rings. The van der Waals surface area contributed by atoms with Crippen molar-refractivity contribution in [3.63, 3.8) is 0 Å². The van der Waals surface area contributed by atoms with E-state index in [4.69, 9.17) is 0 Å². The average molecular weight is 295 g/mol. The summed E-state index contributed by atoms with van der Waals surface area (Å²) in [6, 6.07) is 8.05. The van der Waals surface area contributed by atoms with Crippen LogP contribution in [0.4, 0.5) is 5.69 Å². The van der Waals surface area contributed by atoms with Crippen molar-refractivity contribution in [2.75, 3.05) is 5.01 Å². The molecule has 3 nitrogen and oxygen atoms in total. The maximum atomic E-state index is 11.6. The van der Waals surface area contributed by atoms with E-state index in [1.165, 1.54) is 23.4 Å². The molecule has 1 aliphatic rings. The van der Waals surface area contributed by atoms with E-state index in [2.05, 4.69) is 40.1 Å². The summed E-state index contributed by atoms with van der Waals surface area (Å²) in [5.74, 6) is 0.0122. The molecule has 2 rings (SSSR count). The fraction of sp³-hybridized carbons (Fsp3) is 0.385. The molecule has 0 saturated carbocycles. The molecule has 0 bridgehead atoms. The van der Waals surface area contributed by atoms with Crippen molar-refractivity contribution >= 4 is 32.1 Å². The Morgan fingerprint density at radius 3 is 2.59 bits per heavy atom. The van der Waals surface area contributed by atoms with Crippen LogP contribution in [0.2, 0.25) is 0 Å². The third-order valence-corrected chi connectivity index (χ3v) is 3.18. The fourth-order valence-electron chi connectivity index (χ4n) is 1.79. The van der Waals surface area contributed by atoms with Gasteiger partial charge in [-0.05, 0) is 46.5 Å². The summed E-state index contributed by atoms with van der Waals surface area (Å²) in [6.45, 7) is 2.18. The molecule has 0 aromatic heterocycles. The van der Waals surface area contributed by atoms with Crippen LogP contribution in [-0.4, -0.2) is 10.5 Å². The highest BCUT2D eigenvalue weighted by atomic mass is 79.9. The van der Waals surface area contributed by atoms with Crippen LogP contribution in [0.5, 0.6) is 0 Å². The molecule has 0 N–H and O–H groups in total. The third kappa shape index (κ3) is 2.94. The van der Waals surface area contributed by atoms with E-state index in [-0.39, 0.29) is 5.91 Å². The van der Waals surface area contributed by atoms with Crippen LogP contribution in [0, 0.1) is 0 Å². The number of halogens is 1. The van der Waals surface area contributed by atoms with Crippen molar-refractivity contribution in [3.8, 4) is 0 Å². The summed E-state index contributed by atoms with van der Waals surface area (Å²) in [7, 11) is 0. The van der Waals surface area contributed by atoms with Gasteiger partial charge in [-0.3, -0.25) is 4.79 Å². The molecule has 1 heterocycles. The van der Waals surface area contributed by atoms with Crippen LogP contribution in [0.15, 0.2) is 29.4 Å². The number of rotatable bonds is 4. The number of carbonyl (C=O) groups is 1. The Labute approximate surface area is 110 Å². The van der Waals surface area contributed by atoms with Gasteiger partial charge in [0.25, 0.3) is 5.91 Å². The number of anilines is 1. The van der Waals surface area contributed by atoms with E-state index >= 15 is 0 Å². The van der Waals surface area contributed by atoms with E-state index in [1.807, 2.05) is 12.1 Å². The summed E-state index contributed by atoms with van der Waals surface area (Å²) in [5, 5.41) is 5.60. The smallest absolute Gasteiger partial charge is 0.254 e. The van der Waals surface area contributed by atoms with Crippen molar-refractivity contribution in [1.29, 1.82) is 0 Å². The standard InChI is InChI=1S/C13H15BrN2O/c1-2-3-4-10-5-7-11(8-6-10)16-13(17)9-12(14)15-16/h5-8H,2-4,9H2,1H3. The molecule has 90 valence electrons. The quantitative estimate of drug-likeness (QED) is 0.837. The molecule has 4 heteroatoms. The lowest BCUT2D eigenvalue weighted by Gasteiger charge is -2.11. The summed E-state index contributed by atoms with van der Waals surface area (Å²) in [5.41, 5.74) is 2.15. The van der Waals surface area contributed by atoms with Gasteiger partial charge in [0.05, 0.1) is 12.1 Å². The monoisotopic (exact) mass is 294 g/mol. The first kappa shape index (κ1) is 12.3. The predicted molar refractivity (Wildman–Crippen MR) is 73.5 cm³/mol. The predicted octanol–water partition coefficient (Wildman–Crippen LogP) is 3.47. The molecule has 0 saturated heterocycles. The summed E-state index contributed by atoms with van der Waals surface area (Å²) >= 11 is 3.25. The molecule has 0 atom stereocenters. The lowest BCUT2D eigenvalue weighted by Crippen LogP contribution is -2.19. The van der Waals surface area contributed by atoms with Crippen LogP contribution >= 0.6 is 15.9 Å². The van der Waals surface area contributed by atoms with Crippen LogP contribution < -0.4 is 5.01 Å². The number of unbranched alkanes of at least 4 members (excludes halogenated alkanes) is 1.